The summed E-state index contributed by atoms with van der Waals surface area (Å²) in [6, 6.07) is 8.97. The van der Waals surface area contributed by atoms with Gasteiger partial charge in [-0.2, -0.15) is 23.4 Å². The fraction of sp³-hybridized carbons (Fsp3) is 0.154. The number of alkyl halides is 3. The molecule has 0 radical (unpaired) electrons. The lowest BCUT2D eigenvalue weighted by molar-refractivity contribution is -0.141. The number of nitrogens with two attached hydrogens (primary N) is 1. The lowest BCUT2D eigenvalue weighted by atomic mass is 10.2. The normalized spacial score (nSPS) is 11.0. The molecule has 0 bridgehead atoms. The monoisotopic (exact) mass is 294 g/mol. The van der Waals surface area contributed by atoms with Crippen molar-refractivity contribution in [3.8, 4) is 17.7 Å². The van der Waals surface area contributed by atoms with Gasteiger partial charge in [-0.25, -0.2) is 4.98 Å². The highest BCUT2D eigenvalue weighted by atomic mass is 19.4. The van der Waals surface area contributed by atoms with Gasteiger partial charge in [-0.15, -0.1) is 0 Å². The van der Waals surface area contributed by atoms with E-state index in [1.807, 2.05) is 6.07 Å². The summed E-state index contributed by atoms with van der Waals surface area (Å²) in [4.78, 5) is 6.70. The molecule has 8 heteroatoms. The molecule has 0 fully saturated rings. The minimum atomic E-state index is -4.63. The van der Waals surface area contributed by atoms with Crippen LogP contribution in [0.5, 0.6) is 11.6 Å². The number of ether oxygens (including phenoxy) is 1. The molecule has 0 saturated carbocycles. The Hall–Kier alpha value is -2.82. The molecule has 0 atom stereocenters. The van der Waals surface area contributed by atoms with Crippen molar-refractivity contribution in [1.82, 2.24) is 9.97 Å². The molecule has 1 heterocycles. The van der Waals surface area contributed by atoms with Gasteiger partial charge in [0.2, 0.25) is 11.8 Å². The Morgan fingerprint density at radius 1 is 1.19 bits per heavy atom. The van der Waals surface area contributed by atoms with Crippen molar-refractivity contribution in [2.24, 2.45) is 0 Å². The maximum Gasteiger partial charge on any atom is 0.433 e. The van der Waals surface area contributed by atoms with E-state index >= 15 is 0 Å². The largest absolute Gasteiger partial charge is 0.439 e. The quantitative estimate of drug-likeness (QED) is 0.940. The molecular weight excluding hydrogens is 285 g/mol. The van der Waals surface area contributed by atoms with E-state index in [4.69, 9.17) is 15.7 Å². The van der Waals surface area contributed by atoms with Crippen LogP contribution in [-0.4, -0.2) is 9.97 Å². The second-order valence-electron chi connectivity index (χ2n) is 4.03. The van der Waals surface area contributed by atoms with E-state index in [2.05, 4.69) is 9.97 Å². The van der Waals surface area contributed by atoms with Gasteiger partial charge in [-0.1, -0.05) is 12.1 Å². The number of aromatic nitrogens is 2. The summed E-state index contributed by atoms with van der Waals surface area (Å²) in [5, 5.41) is 8.54. The maximum atomic E-state index is 12.6. The number of nitrogen functional groups attached to an aromatic ring is 1. The summed E-state index contributed by atoms with van der Waals surface area (Å²) in [5.41, 5.74) is 4.83. The number of nitriles is 1. The van der Waals surface area contributed by atoms with Gasteiger partial charge in [-0.05, 0) is 17.7 Å². The Labute approximate surface area is 117 Å². The molecule has 1 aromatic heterocycles. The first-order chi connectivity index (χ1) is 9.88. The maximum absolute atomic E-state index is 12.6. The van der Waals surface area contributed by atoms with Crippen LogP contribution in [0.4, 0.5) is 19.1 Å². The van der Waals surface area contributed by atoms with Crippen molar-refractivity contribution in [2.75, 3.05) is 5.73 Å². The van der Waals surface area contributed by atoms with Crippen molar-refractivity contribution >= 4 is 5.95 Å². The number of halogens is 3. The van der Waals surface area contributed by atoms with Gasteiger partial charge >= 0.3 is 6.18 Å². The molecule has 108 valence electrons. The van der Waals surface area contributed by atoms with Crippen molar-refractivity contribution in [3.63, 3.8) is 0 Å². The molecule has 21 heavy (non-hydrogen) atoms. The van der Waals surface area contributed by atoms with Crippen molar-refractivity contribution in [1.29, 1.82) is 5.26 Å². The van der Waals surface area contributed by atoms with E-state index in [9.17, 15) is 13.2 Å². The zero-order valence-electron chi connectivity index (χ0n) is 10.6. The highest BCUT2D eigenvalue weighted by molar-refractivity contribution is 5.34. The van der Waals surface area contributed by atoms with E-state index in [0.717, 1.165) is 5.56 Å². The number of benzene rings is 1. The Kier molecular flexibility index (Phi) is 3.93. The predicted octanol–water partition coefficient (Wildman–Crippen LogP) is 2.94. The average molecular weight is 294 g/mol. The van der Waals surface area contributed by atoms with E-state index < -0.39 is 17.8 Å². The first kappa shape index (κ1) is 14.6. The summed E-state index contributed by atoms with van der Waals surface area (Å²) in [6.45, 7) is 0. The Balaban J connectivity index is 2.23. The van der Waals surface area contributed by atoms with Gasteiger partial charge in [0.1, 0.15) is 5.75 Å². The second kappa shape index (κ2) is 5.66. The van der Waals surface area contributed by atoms with Crippen LogP contribution in [-0.2, 0) is 12.6 Å². The minimum Gasteiger partial charge on any atom is -0.439 e. The molecule has 2 rings (SSSR count). The van der Waals surface area contributed by atoms with Gasteiger partial charge in [-0.3, -0.25) is 0 Å². The van der Waals surface area contributed by atoms with Crippen LogP contribution in [0, 0.1) is 11.3 Å². The predicted molar refractivity (Wildman–Crippen MR) is 67.3 cm³/mol. The van der Waals surface area contributed by atoms with E-state index in [0.29, 0.717) is 6.07 Å². The van der Waals surface area contributed by atoms with Gasteiger partial charge in [0.25, 0.3) is 0 Å². The fourth-order valence-electron chi connectivity index (χ4n) is 1.53. The van der Waals surface area contributed by atoms with Crippen LogP contribution < -0.4 is 10.5 Å². The lowest BCUT2D eigenvalue weighted by Crippen LogP contribution is -2.11. The first-order valence-corrected chi connectivity index (χ1v) is 5.74. The molecule has 0 aliphatic rings. The molecule has 1 aromatic carbocycles. The van der Waals surface area contributed by atoms with Gasteiger partial charge in [0.05, 0.1) is 12.5 Å². The molecule has 0 spiro atoms. The number of nitrogens with zero attached hydrogens (tertiary/aromatic N) is 3. The topological polar surface area (TPSA) is 84.8 Å². The van der Waals surface area contributed by atoms with Crippen molar-refractivity contribution in [2.45, 2.75) is 12.6 Å². The van der Waals surface area contributed by atoms with Crippen LogP contribution >= 0.6 is 0 Å². The third kappa shape index (κ3) is 3.82. The van der Waals surface area contributed by atoms with Gasteiger partial charge in [0, 0.05) is 6.07 Å². The Bertz CT molecular complexity index is 677. The third-order valence-corrected chi connectivity index (χ3v) is 2.44. The van der Waals surface area contributed by atoms with Crippen LogP contribution in [0.2, 0.25) is 0 Å². The Morgan fingerprint density at radius 2 is 1.86 bits per heavy atom. The SMILES string of the molecule is N#CCc1ccc(Oc2cc(C(F)(F)F)nc(N)n2)cc1. The number of hydrogen-bond acceptors (Lipinski definition) is 5. The summed E-state index contributed by atoms with van der Waals surface area (Å²) in [6.07, 6.45) is -4.40. The van der Waals surface area contributed by atoms with E-state index in [-0.39, 0.29) is 18.1 Å². The molecule has 0 aliphatic heterocycles. The van der Waals surface area contributed by atoms with E-state index in [1.165, 1.54) is 12.1 Å². The summed E-state index contributed by atoms with van der Waals surface area (Å²) in [7, 11) is 0. The zero-order valence-corrected chi connectivity index (χ0v) is 10.6. The highest BCUT2D eigenvalue weighted by Crippen LogP contribution is 2.31. The smallest absolute Gasteiger partial charge is 0.433 e. The average Bonchev–Trinajstić information content (AvgIpc) is 2.40. The molecule has 0 saturated heterocycles. The second-order valence-corrected chi connectivity index (χ2v) is 4.03. The third-order valence-electron chi connectivity index (χ3n) is 2.44. The van der Waals surface area contributed by atoms with Crippen LogP contribution in [0.3, 0.4) is 0 Å². The van der Waals surface area contributed by atoms with Crippen LogP contribution in [0.1, 0.15) is 11.3 Å². The van der Waals surface area contributed by atoms with Crippen LogP contribution in [0.15, 0.2) is 30.3 Å². The molecule has 0 amide bonds. The summed E-state index contributed by atoms with van der Waals surface area (Å²) >= 11 is 0. The number of hydrogen-bond donors (Lipinski definition) is 1. The molecule has 0 aliphatic carbocycles. The standard InChI is InChI=1S/C13H9F3N4O/c14-13(15,16)10-7-11(20-12(18)19-10)21-9-3-1-8(2-4-9)5-6-17/h1-4,7H,5H2,(H2,18,19,20). The molecule has 2 N–H and O–H groups in total. The molecule has 0 unspecified atom stereocenters. The summed E-state index contributed by atoms with van der Waals surface area (Å²) in [5.74, 6) is -0.549. The molecule has 2 aromatic rings. The van der Waals surface area contributed by atoms with Gasteiger partial charge < -0.3 is 10.5 Å². The highest BCUT2D eigenvalue weighted by Gasteiger charge is 2.33. The van der Waals surface area contributed by atoms with E-state index in [1.54, 1.807) is 12.1 Å². The van der Waals surface area contributed by atoms with Gasteiger partial charge in [0.15, 0.2) is 5.69 Å². The molecule has 5 nitrogen and oxygen atoms in total. The van der Waals surface area contributed by atoms with Crippen molar-refractivity contribution in [3.05, 3.63) is 41.6 Å². The van der Waals surface area contributed by atoms with Crippen LogP contribution in [0.25, 0.3) is 0 Å². The minimum absolute atomic E-state index is 0.235. The first-order valence-electron chi connectivity index (χ1n) is 5.74. The number of anilines is 1. The fourth-order valence-corrected chi connectivity index (χ4v) is 1.53. The molecular formula is C13H9F3N4O. The van der Waals surface area contributed by atoms with Crippen molar-refractivity contribution < 1.29 is 17.9 Å². The number of rotatable bonds is 3. The lowest BCUT2D eigenvalue weighted by Gasteiger charge is -2.09. The summed E-state index contributed by atoms with van der Waals surface area (Å²) < 4.78 is 43.0. The Morgan fingerprint density at radius 3 is 2.43 bits per heavy atom. The zero-order chi connectivity index (χ0) is 15.5.